The molecule has 0 saturated carbocycles. The molecule has 2 aliphatic rings. The van der Waals surface area contributed by atoms with Gasteiger partial charge in [0.1, 0.15) is 12.2 Å². The van der Waals surface area contributed by atoms with Crippen LogP contribution < -0.4 is 0 Å². The third-order valence-electron chi connectivity index (χ3n) is 1.76. The molecule has 12 heavy (non-hydrogen) atoms. The third-order valence-corrected chi connectivity index (χ3v) is 6.57. The minimum Gasteiger partial charge on any atom is -0.298 e. The highest BCUT2D eigenvalue weighted by Gasteiger charge is 2.44. The summed E-state index contributed by atoms with van der Waals surface area (Å²) in [5.74, 6) is 0.204. The van der Waals surface area contributed by atoms with Crippen LogP contribution in [-0.4, -0.2) is 32.1 Å². The van der Waals surface area contributed by atoms with Gasteiger partial charge in [0.05, 0.1) is 11.5 Å². The molecule has 8 heteroatoms. The molecular formula is C4H7O4PS3. The first-order chi connectivity index (χ1) is 5.61. The van der Waals surface area contributed by atoms with E-state index >= 15 is 0 Å². The molecule has 2 aliphatic heterocycles. The lowest BCUT2D eigenvalue weighted by Crippen LogP contribution is -2.18. The molecule has 4 nitrogen and oxygen atoms in total. The van der Waals surface area contributed by atoms with E-state index in [1.807, 2.05) is 0 Å². The molecular weight excluding hydrogens is 239 g/mol. The Morgan fingerprint density at radius 1 is 1.33 bits per heavy atom. The Morgan fingerprint density at radius 3 is 2.25 bits per heavy atom. The second kappa shape index (κ2) is 3.15. The summed E-state index contributed by atoms with van der Waals surface area (Å²) in [4.78, 5) is 0. The van der Waals surface area contributed by atoms with Gasteiger partial charge in [-0.05, 0) is 9.77 Å². The van der Waals surface area contributed by atoms with Crippen molar-refractivity contribution in [2.75, 3.05) is 11.5 Å². The number of hydrogen-bond donors (Lipinski definition) is 1. The molecule has 0 aromatic carbocycles. The second-order valence-electron chi connectivity index (χ2n) is 2.67. The highest BCUT2D eigenvalue weighted by molar-refractivity contribution is 8.71. The van der Waals surface area contributed by atoms with Gasteiger partial charge in [-0.3, -0.25) is 9.05 Å². The van der Waals surface area contributed by atoms with Crippen molar-refractivity contribution in [3.63, 3.8) is 0 Å². The second-order valence-corrected chi connectivity index (χ2v) is 8.71. The molecule has 0 bridgehead atoms. The van der Waals surface area contributed by atoms with E-state index in [0.29, 0.717) is 0 Å². The highest BCUT2D eigenvalue weighted by Crippen LogP contribution is 2.44. The molecule has 2 heterocycles. The van der Waals surface area contributed by atoms with E-state index in [1.54, 1.807) is 0 Å². The van der Waals surface area contributed by atoms with Gasteiger partial charge >= 0.3 is 0 Å². The predicted octanol–water partition coefficient (Wildman–Crippen LogP) is 1.00. The van der Waals surface area contributed by atoms with Crippen LogP contribution in [0, 0.1) is 0 Å². The Morgan fingerprint density at radius 2 is 1.83 bits per heavy atom. The van der Waals surface area contributed by atoms with Crippen LogP contribution in [0.3, 0.4) is 0 Å². The summed E-state index contributed by atoms with van der Waals surface area (Å²) in [6, 6.07) is 0. The summed E-state index contributed by atoms with van der Waals surface area (Å²) < 4.78 is 32.8. The van der Waals surface area contributed by atoms with E-state index in [-0.39, 0.29) is 23.7 Å². The first kappa shape index (κ1) is 9.30. The summed E-state index contributed by atoms with van der Waals surface area (Å²) in [5.41, 5.74) is 0. The number of thiol groups is 1. The molecule has 2 unspecified atom stereocenters. The zero-order chi connectivity index (χ0) is 8.77. The Labute approximate surface area is 79.5 Å². The maximum Gasteiger partial charge on any atom is 0.198 e. The van der Waals surface area contributed by atoms with E-state index in [1.165, 1.54) is 9.77 Å². The maximum atomic E-state index is 11.1. The van der Waals surface area contributed by atoms with Crippen LogP contribution >= 0.6 is 28.4 Å². The van der Waals surface area contributed by atoms with E-state index in [0.717, 1.165) is 0 Å². The zero-order valence-corrected chi connectivity index (χ0v) is 9.33. The Bertz CT molecular complexity index is 352. The van der Waals surface area contributed by atoms with Crippen molar-refractivity contribution in [2.24, 2.45) is 0 Å². The number of rotatable bonds is 0. The van der Waals surface area contributed by atoms with E-state index in [2.05, 4.69) is 11.7 Å². The maximum absolute atomic E-state index is 11.1. The first-order valence-electron chi connectivity index (χ1n) is 3.26. The summed E-state index contributed by atoms with van der Waals surface area (Å²) in [6.07, 6.45) is -0.499. The molecule has 2 atom stereocenters. The largest absolute Gasteiger partial charge is 0.298 e. The molecule has 70 valence electrons. The topological polar surface area (TPSA) is 52.6 Å². The Hall–Kier alpha value is 0.740. The van der Waals surface area contributed by atoms with Crippen LogP contribution in [0.5, 0.6) is 0 Å². The number of fused-ring (bicyclic) bond motifs is 1. The minimum atomic E-state index is -2.91. The number of sulfone groups is 1. The average molecular weight is 246 g/mol. The fourth-order valence-corrected chi connectivity index (χ4v) is 5.75. The molecule has 2 saturated heterocycles. The molecule has 2 rings (SSSR count). The summed E-state index contributed by atoms with van der Waals surface area (Å²) in [6.45, 7) is -1.00. The van der Waals surface area contributed by atoms with E-state index < -0.39 is 16.8 Å². The van der Waals surface area contributed by atoms with E-state index in [9.17, 15) is 8.42 Å². The number of hydrogen-bond acceptors (Lipinski definition) is 5. The average Bonchev–Trinajstić information content (AvgIpc) is 2.40. The predicted molar refractivity (Wildman–Crippen MR) is 51.9 cm³/mol. The van der Waals surface area contributed by atoms with Crippen molar-refractivity contribution in [1.29, 1.82) is 0 Å². The lowest BCUT2D eigenvalue weighted by molar-refractivity contribution is 0.205. The standard InChI is InChI=1S/C4H7O4PS3/c5-12(6)1-3-4(2-12)8-9(7-3)11-10/h3-4,10H,1-2H2. The fourth-order valence-electron chi connectivity index (χ4n) is 1.26. The lowest BCUT2D eigenvalue weighted by Gasteiger charge is -1.97. The molecule has 2 fully saturated rings. The molecule has 0 radical (unpaired) electrons. The van der Waals surface area contributed by atoms with E-state index in [4.69, 9.17) is 9.05 Å². The van der Waals surface area contributed by atoms with Crippen molar-refractivity contribution in [1.82, 2.24) is 0 Å². The van der Waals surface area contributed by atoms with Crippen LogP contribution in [0.25, 0.3) is 0 Å². The first-order valence-corrected chi connectivity index (χ1v) is 8.74. The smallest absolute Gasteiger partial charge is 0.198 e. The quantitative estimate of drug-likeness (QED) is 0.393. The molecule has 0 aliphatic carbocycles. The van der Waals surface area contributed by atoms with Crippen molar-refractivity contribution < 1.29 is 17.5 Å². The molecule has 0 aromatic rings. The van der Waals surface area contributed by atoms with Crippen LogP contribution in [0.2, 0.25) is 0 Å². The summed E-state index contributed by atoms with van der Waals surface area (Å²) >= 11 is 3.95. The molecule has 0 amide bonds. The fraction of sp³-hybridized carbons (Fsp3) is 1.00. The van der Waals surface area contributed by atoms with Crippen LogP contribution in [0.15, 0.2) is 0 Å². The monoisotopic (exact) mass is 246 g/mol. The van der Waals surface area contributed by atoms with Crippen LogP contribution in [-0.2, 0) is 18.9 Å². The Kier molecular flexibility index (Phi) is 2.44. The van der Waals surface area contributed by atoms with Gasteiger partial charge < -0.3 is 0 Å². The summed E-state index contributed by atoms with van der Waals surface area (Å²) in [7, 11) is -1.70. The minimum absolute atomic E-state index is 0.102. The zero-order valence-electron chi connectivity index (χ0n) is 5.91. The lowest BCUT2D eigenvalue weighted by atomic mass is 10.3. The van der Waals surface area contributed by atoms with Gasteiger partial charge in [0, 0.05) is 0 Å². The van der Waals surface area contributed by atoms with Crippen LogP contribution in [0.4, 0.5) is 0 Å². The van der Waals surface area contributed by atoms with Gasteiger partial charge in [-0.25, -0.2) is 8.42 Å². The van der Waals surface area contributed by atoms with Gasteiger partial charge in [0.25, 0.3) is 0 Å². The molecule has 0 aromatic heterocycles. The van der Waals surface area contributed by atoms with Gasteiger partial charge in [-0.1, -0.05) is 11.7 Å². The van der Waals surface area contributed by atoms with Crippen molar-refractivity contribution in [3.05, 3.63) is 0 Å². The third kappa shape index (κ3) is 1.66. The SMILES string of the molecule is O=S1(=O)CC2OP(#SS)OC2C1. The highest BCUT2D eigenvalue weighted by atomic mass is 33.2. The summed E-state index contributed by atoms with van der Waals surface area (Å²) in [5, 5.41) is 0. The van der Waals surface area contributed by atoms with Crippen molar-refractivity contribution >= 4 is 38.2 Å². The molecule has 0 spiro atoms. The van der Waals surface area contributed by atoms with Crippen LogP contribution in [0.1, 0.15) is 0 Å². The van der Waals surface area contributed by atoms with Gasteiger partial charge in [-0.2, -0.15) is 0 Å². The van der Waals surface area contributed by atoms with Crippen molar-refractivity contribution in [2.45, 2.75) is 12.2 Å². The molecule has 0 N–H and O–H groups in total. The normalized spacial score (nSPS) is 41.2. The Balaban J connectivity index is 2.21. The van der Waals surface area contributed by atoms with Gasteiger partial charge in [0.2, 0.25) is 0 Å². The van der Waals surface area contributed by atoms with Gasteiger partial charge in [0.15, 0.2) is 16.8 Å². The van der Waals surface area contributed by atoms with Gasteiger partial charge in [-0.15, -0.1) is 0 Å². The van der Waals surface area contributed by atoms with Crippen molar-refractivity contribution in [3.8, 4) is 0 Å².